The molecule has 7 heteroatoms. The van der Waals surface area contributed by atoms with E-state index in [4.69, 9.17) is 16.7 Å². The van der Waals surface area contributed by atoms with Crippen molar-refractivity contribution in [3.05, 3.63) is 27.5 Å². The molecular formula is C11H12BrClN2O3. The number of carbonyl (C=O) groups is 2. The summed E-state index contributed by atoms with van der Waals surface area (Å²) in [5.41, 5.74) is 0.258. The van der Waals surface area contributed by atoms with E-state index < -0.39 is 5.97 Å². The van der Waals surface area contributed by atoms with Gasteiger partial charge in [-0.1, -0.05) is 18.5 Å². The van der Waals surface area contributed by atoms with E-state index >= 15 is 0 Å². The number of nitrogens with zero attached hydrogens (tertiary/aromatic N) is 1. The molecule has 1 amide bonds. The fourth-order valence-electron chi connectivity index (χ4n) is 1.31. The zero-order valence-electron chi connectivity index (χ0n) is 9.61. The van der Waals surface area contributed by atoms with Crippen LogP contribution in [0.1, 0.15) is 23.7 Å². The summed E-state index contributed by atoms with van der Waals surface area (Å²) in [6, 6.07) is 1.56. The van der Waals surface area contributed by atoms with E-state index in [1.54, 1.807) is 13.0 Å². The van der Waals surface area contributed by atoms with Gasteiger partial charge in [-0.2, -0.15) is 0 Å². The summed E-state index contributed by atoms with van der Waals surface area (Å²) in [7, 11) is 0. The minimum Gasteiger partial charge on any atom is -0.481 e. The molecule has 0 bridgehead atoms. The molecule has 1 aromatic heterocycles. The number of carboxylic acid groups (broad SMARTS) is 1. The average Bonchev–Trinajstić information content (AvgIpc) is 2.28. The predicted octanol–water partition coefficient (Wildman–Crippen LogP) is 2.34. The Morgan fingerprint density at radius 3 is 2.89 bits per heavy atom. The third-order valence-electron chi connectivity index (χ3n) is 2.18. The van der Waals surface area contributed by atoms with Crippen molar-refractivity contribution in [1.82, 2.24) is 10.3 Å². The van der Waals surface area contributed by atoms with Crippen LogP contribution < -0.4 is 5.32 Å². The van der Waals surface area contributed by atoms with Gasteiger partial charge in [0.25, 0.3) is 5.91 Å². The largest absolute Gasteiger partial charge is 0.481 e. The number of halogens is 2. The van der Waals surface area contributed by atoms with Crippen LogP contribution in [0.3, 0.4) is 0 Å². The lowest BCUT2D eigenvalue weighted by Gasteiger charge is -2.11. The number of hydrogen-bond acceptors (Lipinski definition) is 3. The minimum atomic E-state index is -0.890. The molecule has 0 radical (unpaired) electrons. The van der Waals surface area contributed by atoms with Gasteiger partial charge in [-0.25, -0.2) is 4.98 Å². The number of hydrogen-bond donors (Lipinski definition) is 2. The summed E-state index contributed by atoms with van der Waals surface area (Å²) >= 11 is 9.00. The molecule has 1 rings (SSSR count). The molecule has 0 fully saturated rings. The number of pyridine rings is 1. The fraction of sp³-hybridized carbons (Fsp3) is 0.364. The van der Waals surface area contributed by atoms with E-state index in [0.717, 1.165) is 0 Å². The Bertz CT molecular complexity index is 468. The van der Waals surface area contributed by atoms with Crippen molar-refractivity contribution >= 4 is 39.4 Å². The van der Waals surface area contributed by atoms with Crippen LogP contribution >= 0.6 is 27.5 Å². The van der Waals surface area contributed by atoms with Crippen LogP contribution in [0.5, 0.6) is 0 Å². The number of aliphatic carboxylic acids is 1. The Balaban J connectivity index is 2.60. The second kappa shape index (κ2) is 6.70. The Morgan fingerprint density at radius 2 is 2.28 bits per heavy atom. The Kier molecular flexibility index (Phi) is 5.55. The Labute approximate surface area is 118 Å². The third-order valence-corrected chi connectivity index (χ3v) is 2.92. The highest BCUT2D eigenvalue weighted by Crippen LogP contribution is 2.17. The second-order valence-electron chi connectivity index (χ2n) is 3.90. The van der Waals surface area contributed by atoms with Crippen LogP contribution in [0.4, 0.5) is 0 Å². The van der Waals surface area contributed by atoms with Crippen LogP contribution in [0.15, 0.2) is 16.7 Å². The first-order chi connectivity index (χ1) is 8.40. The molecule has 98 valence electrons. The number of rotatable bonds is 5. The monoisotopic (exact) mass is 334 g/mol. The highest BCUT2D eigenvalue weighted by atomic mass is 79.9. The summed E-state index contributed by atoms with van der Waals surface area (Å²) in [6.45, 7) is 2.02. The van der Waals surface area contributed by atoms with E-state index in [-0.39, 0.29) is 35.5 Å². The van der Waals surface area contributed by atoms with E-state index in [0.29, 0.717) is 4.47 Å². The predicted molar refractivity (Wildman–Crippen MR) is 70.7 cm³/mol. The van der Waals surface area contributed by atoms with Gasteiger partial charge in [0.1, 0.15) is 5.15 Å². The Morgan fingerprint density at radius 1 is 1.61 bits per heavy atom. The quantitative estimate of drug-likeness (QED) is 0.810. The lowest BCUT2D eigenvalue weighted by atomic mass is 10.1. The molecule has 0 aliphatic heterocycles. The van der Waals surface area contributed by atoms with Gasteiger partial charge in [-0.15, -0.1) is 0 Å². The number of aromatic nitrogens is 1. The topological polar surface area (TPSA) is 79.3 Å². The number of nitrogens with one attached hydrogen (secondary N) is 1. The average molecular weight is 336 g/mol. The maximum absolute atomic E-state index is 11.8. The third kappa shape index (κ3) is 4.62. The normalized spacial score (nSPS) is 11.9. The lowest BCUT2D eigenvalue weighted by Crippen LogP contribution is -2.29. The molecule has 0 saturated heterocycles. The molecule has 0 spiro atoms. The van der Waals surface area contributed by atoms with Gasteiger partial charge in [0.05, 0.1) is 5.56 Å². The molecule has 0 saturated carbocycles. The van der Waals surface area contributed by atoms with E-state index in [1.165, 1.54) is 6.20 Å². The van der Waals surface area contributed by atoms with Crippen LogP contribution in [0.2, 0.25) is 5.15 Å². The van der Waals surface area contributed by atoms with Gasteiger partial charge in [-0.3, -0.25) is 9.59 Å². The molecule has 1 heterocycles. The molecule has 1 atom stereocenters. The van der Waals surface area contributed by atoms with Gasteiger partial charge in [0.2, 0.25) is 0 Å². The van der Waals surface area contributed by atoms with Gasteiger partial charge < -0.3 is 10.4 Å². The number of amides is 1. The summed E-state index contributed by atoms with van der Waals surface area (Å²) in [5.74, 6) is -1.41. The lowest BCUT2D eigenvalue weighted by molar-refractivity contribution is -0.137. The zero-order valence-corrected chi connectivity index (χ0v) is 12.0. The Hall–Kier alpha value is -1.14. The molecule has 1 aromatic rings. The van der Waals surface area contributed by atoms with Crippen molar-refractivity contribution in [3.8, 4) is 0 Å². The standard InChI is InChI=1S/C11H12BrClN2O3/c1-6(2-9(16)17)4-15-11(18)8-3-7(12)5-14-10(8)13/h3,5-6H,2,4H2,1H3,(H,15,18)(H,16,17). The van der Waals surface area contributed by atoms with Gasteiger partial charge >= 0.3 is 5.97 Å². The minimum absolute atomic E-state index is 0.00471. The smallest absolute Gasteiger partial charge is 0.303 e. The maximum Gasteiger partial charge on any atom is 0.303 e. The van der Waals surface area contributed by atoms with Crippen LogP contribution in [-0.2, 0) is 4.79 Å². The maximum atomic E-state index is 11.8. The number of carboxylic acids is 1. The summed E-state index contributed by atoms with van der Waals surface area (Å²) in [5, 5.41) is 11.3. The first-order valence-corrected chi connectivity index (χ1v) is 6.38. The molecule has 0 aliphatic rings. The molecule has 0 aromatic carbocycles. The molecular weight excluding hydrogens is 323 g/mol. The molecule has 5 nitrogen and oxygen atoms in total. The van der Waals surface area contributed by atoms with Crippen LogP contribution in [0, 0.1) is 5.92 Å². The first-order valence-electron chi connectivity index (χ1n) is 5.21. The van der Waals surface area contributed by atoms with Crippen LogP contribution in [0.25, 0.3) is 0 Å². The van der Waals surface area contributed by atoms with Gasteiger partial charge in [0.15, 0.2) is 0 Å². The van der Waals surface area contributed by atoms with E-state index in [2.05, 4.69) is 26.2 Å². The highest BCUT2D eigenvalue weighted by molar-refractivity contribution is 9.10. The van der Waals surface area contributed by atoms with E-state index in [1.807, 2.05) is 0 Å². The van der Waals surface area contributed by atoms with Crippen molar-refractivity contribution < 1.29 is 14.7 Å². The fourth-order valence-corrected chi connectivity index (χ4v) is 1.83. The summed E-state index contributed by atoms with van der Waals surface area (Å²) in [4.78, 5) is 26.1. The number of carbonyl (C=O) groups excluding carboxylic acids is 1. The summed E-state index contributed by atoms with van der Waals surface area (Å²) in [6.07, 6.45) is 1.50. The zero-order chi connectivity index (χ0) is 13.7. The summed E-state index contributed by atoms with van der Waals surface area (Å²) < 4.78 is 0.649. The molecule has 2 N–H and O–H groups in total. The SMILES string of the molecule is CC(CNC(=O)c1cc(Br)cnc1Cl)CC(=O)O. The first kappa shape index (κ1) is 14.9. The van der Waals surface area contributed by atoms with Crippen molar-refractivity contribution in [1.29, 1.82) is 0 Å². The second-order valence-corrected chi connectivity index (χ2v) is 5.18. The molecule has 0 aliphatic carbocycles. The van der Waals surface area contributed by atoms with Crippen molar-refractivity contribution in [3.63, 3.8) is 0 Å². The van der Waals surface area contributed by atoms with Crippen molar-refractivity contribution in [2.45, 2.75) is 13.3 Å². The van der Waals surface area contributed by atoms with Crippen molar-refractivity contribution in [2.75, 3.05) is 6.54 Å². The van der Waals surface area contributed by atoms with E-state index in [9.17, 15) is 9.59 Å². The molecule has 1 unspecified atom stereocenters. The van der Waals surface area contributed by atoms with Gasteiger partial charge in [0, 0.05) is 23.6 Å². The molecule has 18 heavy (non-hydrogen) atoms. The van der Waals surface area contributed by atoms with Crippen LogP contribution in [-0.4, -0.2) is 28.5 Å². The highest BCUT2D eigenvalue weighted by Gasteiger charge is 2.14. The van der Waals surface area contributed by atoms with Crippen molar-refractivity contribution in [2.24, 2.45) is 5.92 Å². The van der Waals surface area contributed by atoms with Gasteiger partial charge in [-0.05, 0) is 27.9 Å².